The Balaban J connectivity index is 1.38. The van der Waals surface area contributed by atoms with Crippen molar-refractivity contribution in [2.75, 3.05) is 18.6 Å². The molecule has 1 aromatic heterocycles. The smallest absolute Gasteiger partial charge is 0.298 e. The third-order valence-corrected chi connectivity index (χ3v) is 6.84. The van der Waals surface area contributed by atoms with Gasteiger partial charge in [0.2, 0.25) is 0 Å². The Hall–Kier alpha value is -3.68. The molecule has 0 unspecified atom stereocenters. The van der Waals surface area contributed by atoms with Gasteiger partial charge in [0.15, 0.2) is 0 Å². The van der Waals surface area contributed by atoms with E-state index in [0.29, 0.717) is 28.8 Å². The number of carbonyl (C=O) groups is 2. The molecular formula is C27H21ClN2O4S. The van der Waals surface area contributed by atoms with Gasteiger partial charge in [0, 0.05) is 22.7 Å². The minimum absolute atomic E-state index is 0.351. The Morgan fingerprint density at radius 1 is 0.943 bits per heavy atom. The van der Waals surface area contributed by atoms with Gasteiger partial charge in [0.25, 0.3) is 11.1 Å². The molecule has 176 valence electrons. The Kier molecular flexibility index (Phi) is 6.53. The van der Waals surface area contributed by atoms with Crippen LogP contribution in [0.1, 0.15) is 5.56 Å². The number of amides is 2. The number of rotatable bonds is 7. The lowest BCUT2D eigenvalue weighted by Crippen LogP contribution is -2.27. The van der Waals surface area contributed by atoms with Crippen molar-refractivity contribution >= 4 is 57.2 Å². The zero-order valence-electron chi connectivity index (χ0n) is 18.8. The van der Waals surface area contributed by atoms with Gasteiger partial charge >= 0.3 is 0 Å². The molecule has 0 bridgehead atoms. The van der Waals surface area contributed by atoms with Crippen LogP contribution in [0.25, 0.3) is 17.0 Å². The summed E-state index contributed by atoms with van der Waals surface area (Å²) in [4.78, 5) is 27.3. The van der Waals surface area contributed by atoms with Crippen LogP contribution in [0, 0.1) is 0 Å². The van der Waals surface area contributed by atoms with Crippen LogP contribution in [-0.2, 0) is 11.3 Å². The van der Waals surface area contributed by atoms with E-state index >= 15 is 0 Å². The van der Waals surface area contributed by atoms with E-state index in [2.05, 4.69) is 4.57 Å². The maximum atomic E-state index is 13.1. The first-order valence-electron chi connectivity index (χ1n) is 10.9. The molecule has 0 spiro atoms. The van der Waals surface area contributed by atoms with Crippen LogP contribution in [0.2, 0.25) is 5.02 Å². The zero-order chi connectivity index (χ0) is 24.4. The average Bonchev–Trinajstić information content (AvgIpc) is 3.36. The van der Waals surface area contributed by atoms with E-state index in [4.69, 9.17) is 21.1 Å². The number of benzene rings is 3. The van der Waals surface area contributed by atoms with E-state index in [0.717, 1.165) is 44.6 Å². The van der Waals surface area contributed by atoms with Crippen molar-refractivity contribution in [3.63, 3.8) is 0 Å². The first-order valence-corrected chi connectivity index (χ1v) is 12.1. The molecule has 35 heavy (non-hydrogen) atoms. The summed E-state index contributed by atoms with van der Waals surface area (Å²) in [5, 5.41) is 0.969. The fourth-order valence-electron chi connectivity index (χ4n) is 3.96. The van der Waals surface area contributed by atoms with E-state index in [1.807, 2.05) is 54.7 Å². The number of halogens is 1. The summed E-state index contributed by atoms with van der Waals surface area (Å²) in [6.45, 7) is 1.08. The molecule has 1 saturated heterocycles. The normalized spacial score (nSPS) is 14.8. The predicted octanol–water partition coefficient (Wildman–Crippen LogP) is 6.62. The molecule has 5 rings (SSSR count). The van der Waals surface area contributed by atoms with Gasteiger partial charge in [-0.05, 0) is 60.3 Å². The molecule has 1 fully saturated rings. The van der Waals surface area contributed by atoms with Gasteiger partial charge in [0.1, 0.15) is 18.1 Å². The van der Waals surface area contributed by atoms with E-state index in [9.17, 15) is 9.59 Å². The maximum Gasteiger partial charge on any atom is 0.298 e. The predicted molar refractivity (Wildman–Crippen MR) is 140 cm³/mol. The highest BCUT2D eigenvalue weighted by Gasteiger charge is 2.37. The fourth-order valence-corrected chi connectivity index (χ4v) is 5.00. The molecule has 4 aromatic rings. The molecule has 2 heterocycles. The van der Waals surface area contributed by atoms with Crippen molar-refractivity contribution in [2.24, 2.45) is 0 Å². The number of hydrogen-bond acceptors (Lipinski definition) is 5. The third kappa shape index (κ3) is 4.65. The number of fused-ring (bicyclic) bond motifs is 1. The van der Waals surface area contributed by atoms with Crippen molar-refractivity contribution in [3.8, 4) is 11.5 Å². The summed E-state index contributed by atoms with van der Waals surface area (Å²) < 4.78 is 13.2. The van der Waals surface area contributed by atoms with E-state index in [-0.39, 0.29) is 11.1 Å². The van der Waals surface area contributed by atoms with Crippen LogP contribution < -0.4 is 14.4 Å². The number of methoxy groups -OCH3 is 1. The number of aromatic nitrogens is 1. The second-order valence-corrected chi connectivity index (χ2v) is 9.19. The monoisotopic (exact) mass is 504 g/mol. The maximum absolute atomic E-state index is 13.1. The van der Waals surface area contributed by atoms with Gasteiger partial charge in [-0.1, -0.05) is 41.9 Å². The molecule has 0 atom stereocenters. The average molecular weight is 505 g/mol. The van der Waals surface area contributed by atoms with Gasteiger partial charge in [-0.25, -0.2) is 4.90 Å². The standard InChI is InChI=1S/C27H21ClN2O4S/c1-33-19-10-12-20(13-11-19)34-15-14-29-17-18(21-6-2-4-8-23(21)29)16-25-26(31)30(27(32)35-25)24-9-5-3-7-22(24)28/h2-13,16-17H,14-15H2,1H3/b25-16-. The van der Waals surface area contributed by atoms with Gasteiger partial charge in [-0.15, -0.1) is 0 Å². The minimum atomic E-state index is -0.382. The lowest BCUT2D eigenvalue weighted by Gasteiger charge is -2.13. The number of hydrogen-bond donors (Lipinski definition) is 0. The number of nitrogens with zero attached hydrogens (tertiary/aromatic N) is 2. The largest absolute Gasteiger partial charge is 0.497 e. The fraction of sp³-hybridized carbons (Fsp3) is 0.111. The zero-order valence-corrected chi connectivity index (χ0v) is 20.4. The molecule has 0 aliphatic carbocycles. The summed E-state index contributed by atoms with van der Waals surface area (Å²) in [5.74, 6) is 1.15. The van der Waals surface area contributed by atoms with Crippen LogP contribution in [0.4, 0.5) is 10.5 Å². The molecule has 3 aromatic carbocycles. The number of carbonyl (C=O) groups excluding carboxylic acids is 2. The second kappa shape index (κ2) is 9.90. The summed E-state index contributed by atoms with van der Waals surface area (Å²) >= 11 is 7.15. The highest BCUT2D eigenvalue weighted by molar-refractivity contribution is 8.19. The summed E-state index contributed by atoms with van der Waals surface area (Å²) in [6, 6.07) is 22.2. The SMILES string of the molecule is COc1ccc(OCCn2cc(/C=C3\SC(=O)N(c4ccccc4Cl)C3=O)c3ccccc32)cc1. The van der Waals surface area contributed by atoms with Gasteiger partial charge < -0.3 is 14.0 Å². The summed E-state index contributed by atoms with van der Waals surface area (Å²) in [5.41, 5.74) is 2.26. The van der Waals surface area contributed by atoms with E-state index in [1.165, 1.54) is 0 Å². The van der Waals surface area contributed by atoms with Crippen molar-refractivity contribution in [1.82, 2.24) is 4.57 Å². The first kappa shape index (κ1) is 23.1. The van der Waals surface area contributed by atoms with Crippen LogP contribution in [0.3, 0.4) is 0 Å². The van der Waals surface area contributed by atoms with Gasteiger partial charge in [0.05, 0.1) is 29.3 Å². The van der Waals surface area contributed by atoms with Crippen LogP contribution in [-0.4, -0.2) is 29.4 Å². The molecule has 1 aliphatic heterocycles. The van der Waals surface area contributed by atoms with Gasteiger partial charge in [-0.3, -0.25) is 9.59 Å². The molecular weight excluding hydrogens is 484 g/mol. The Labute approximate surface area is 211 Å². The molecule has 0 N–H and O–H groups in total. The summed E-state index contributed by atoms with van der Waals surface area (Å²) in [6.07, 6.45) is 3.75. The van der Waals surface area contributed by atoms with Crippen molar-refractivity contribution in [1.29, 1.82) is 0 Å². The third-order valence-electron chi connectivity index (χ3n) is 5.65. The Morgan fingerprint density at radius 3 is 2.43 bits per heavy atom. The lowest BCUT2D eigenvalue weighted by molar-refractivity contribution is -0.113. The lowest BCUT2D eigenvalue weighted by atomic mass is 10.1. The second-order valence-electron chi connectivity index (χ2n) is 7.79. The molecule has 0 radical (unpaired) electrons. The molecule has 2 amide bonds. The van der Waals surface area contributed by atoms with Crippen LogP contribution in [0.15, 0.2) is 83.9 Å². The highest BCUT2D eigenvalue weighted by Crippen LogP contribution is 2.39. The van der Waals surface area contributed by atoms with Crippen molar-refractivity contribution in [2.45, 2.75) is 6.54 Å². The number of ether oxygens (including phenoxy) is 2. The van der Waals surface area contributed by atoms with Gasteiger partial charge in [-0.2, -0.15) is 0 Å². The number of anilines is 1. The van der Waals surface area contributed by atoms with Crippen molar-refractivity contribution in [3.05, 3.63) is 94.5 Å². The van der Waals surface area contributed by atoms with E-state index in [1.54, 1.807) is 37.5 Å². The Morgan fingerprint density at radius 2 is 1.66 bits per heavy atom. The van der Waals surface area contributed by atoms with Crippen LogP contribution >= 0.6 is 23.4 Å². The number of para-hydroxylation sites is 2. The highest BCUT2D eigenvalue weighted by atomic mass is 35.5. The topological polar surface area (TPSA) is 60.8 Å². The first-order chi connectivity index (χ1) is 17.0. The van der Waals surface area contributed by atoms with Crippen LogP contribution in [0.5, 0.6) is 11.5 Å². The molecule has 8 heteroatoms. The molecule has 6 nitrogen and oxygen atoms in total. The summed E-state index contributed by atoms with van der Waals surface area (Å²) in [7, 11) is 1.63. The minimum Gasteiger partial charge on any atom is -0.497 e. The van der Waals surface area contributed by atoms with Crippen molar-refractivity contribution < 1.29 is 19.1 Å². The number of imide groups is 1. The van der Waals surface area contributed by atoms with E-state index < -0.39 is 0 Å². The quantitative estimate of drug-likeness (QED) is 0.264. The number of thioether (sulfide) groups is 1. The Bertz CT molecular complexity index is 1450. The molecule has 0 saturated carbocycles. The molecule has 1 aliphatic rings.